The zero-order valence-corrected chi connectivity index (χ0v) is 37.7. The Hall–Kier alpha value is -5.97. The van der Waals surface area contributed by atoms with E-state index in [9.17, 15) is 47.9 Å². The molecule has 2 aliphatic rings. The van der Waals surface area contributed by atoms with Gasteiger partial charge >= 0.3 is 6.03 Å². The summed E-state index contributed by atoms with van der Waals surface area (Å²) < 4.78 is 0. The van der Waals surface area contributed by atoms with E-state index in [1.54, 1.807) is 30.3 Å². The SMILES string of the molecule is CC(C)CC(CC(=O)NO)C(=O)N[C@@H](CCC(N)=O)C(=O)N[C@@H](Cc1ccccc1)C(=O)NCC(=O)NCC(=O)N[C@@H](CCCCNC(=O)CCCC[C@@H]1SC[C@@H]2NC(=O)N[C@@H]21)C(N)=O. The first-order valence-electron chi connectivity index (χ1n) is 21.9. The van der Waals surface area contributed by atoms with E-state index in [1.165, 1.54) is 5.48 Å². The van der Waals surface area contributed by atoms with Crippen LogP contribution in [0.3, 0.4) is 0 Å². The standard InChI is InChI=1S/C42H65N11O11S/c1-24(2)18-26(20-34(56)53-64)39(60)49-28(15-16-32(43)54)41(62)50-29(19-25-10-4-3-5-11-25)40(61)47-21-35(57)46-22-36(58)48-27(38(44)59)12-8-9-17-45-33(55)14-7-6-13-31-37-30(23-65-31)51-42(63)52-37/h3-5,10-11,24,26-31,37,64H,6-9,12-23H2,1-2H3,(H2,43,54)(H2,44,59)(H,45,55)(H,46,57)(H,47,61)(H,48,58)(H,49,60)(H,50,62)(H,53,56)(H2,51,52,63)/t26?,27-,28-,29-,30-,31-,37-/m0/s1. The van der Waals surface area contributed by atoms with E-state index in [1.807, 2.05) is 25.6 Å². The van der Waals surface area contributed by atoms with E-state index in [0.717, 1.165) is 18.6 Å². The molecule has 7 atom stereocenters. The molecule has 11 amide bonds. The third-order valence-electron chi connectivity index (χ3n) is 10.8. The first-order valence-corrected chi connectivity index (χ1v) is 22.9. The van der Waals surface area contributed by atoms with Gasteiger partial charge < -0.3 is 54.0 Å². The third-order valence-corrected chi connectivity index (χ3v) is 12.3. The van der Waals surface area contributed by atoms with Crippen LogP contribution in [0.25, 0.3) is 0 Å². The molecule has 22 nitrogen and oxygen atoms in total. The molecule has 0 aromatic heterocycles. The van der Waals surface area contributed by atoms with Crippen molar-refractivity contribution in [3.8, 4) is 0 Å². The topological polar surface area (TPSA) is 351 Å². The maximum absolute atomic E-state index is 13.6. The molecule has 0 radical (unpaired) electrons. The summed E-state index contributed by atoms with van der Waals surface area (Å²) in [6, 6.07) is 5.06. The van der Waals surface area contributed by atoms with E-state index in [-0.39, 0.29) is 68.5 Å². The average molecular weight is 932 g/mol. The fraction of sp³-hybridized carbons (Fsp3) is 0.619. The van der Waals surface area contributed by atoms with Crippen LogP contribution in [0, 0.1) is 11.8 Å². The maximum atomic E-state index is 13.6. The number of carbonyl (C=O) groups excluding carboxylic acids is 10. The molecule has 0 aliphatic carbocycles. The van der Waals surface area contributed by atoms with E-state index in [0.29, 0.717) is 43.0 Å². The van der Waals surface area contributed by atoms with Gasteiger partial charge in [-0.3, -0.25) is 48.4 Å². The van der Waals surface area contributed by atoms with Gasteiger partial charge in [0.2, 0.25) is 53.2 Å². The molecule has 2 heterocycles. The van der Waals surface area contributed by atoms with Gasteiger partial charge in [-0.05, 0) is 56.4 Å². The van der Waals surface area contributed by atoms with Gasteiger partial charge in [0.05, 0.1) is 25.2 Å². The lowest BCUT2D eigenvalue weighted by Crippen LogP contribution is -2.56. The van der Waals surface area contributed by atoms with Crippen LogP contribution in [0.5, 0.6) is 0 Å². The molecule has 14 N–H and O–H groups in total. The van der Waals surface area contributed by atoms with Gasteiger partial charge in [0, 0.05) is 49.1 Å². The van der Waals surface area contributed by atoms with Gasteiger partial charge in [-0.25, -0.2) is 10.3 Å². The molecule has 360 valence electrons. The molecule has 0 bridgehead atoms. The van der Waals surface area contributed by atoms with Crippen molar-refractivity contribution in [3.63, 3.8) is 0 Å². The Bertz CT molecular complexity index is 1820. The molecular weight excluding hydrogens is 867 g/mol. The van der Waals surface area contributed by atoms with Crippen LogP contribution in [0.2, 0.25) is 0 Å². The molecule has 1 unspecified atom stereocenters. The third kappa shape index (κ3) is 20.2. The Morgan fingerprint density at radius 1 is 0.738 bits per heavy atom. The number of fused-ring (bicyclic) bond motifs is 1. The lowest BCUT2D eigenvalue weighted by molar-refractivity contribution is -0.137. The van der Waals surface area contributed by atoms with Crippen molar-refractivity contribution in [2.24, 2.45) is 23.3 Å². The zero-order valence-electron chi connectivity index (χ0n) is 36.9. The summed E-state index contributed by atoms with van der Waals surface area (Å²) in [5, 5.41) is 30.5. The molecule has 1 aromatic carbocycles. The molecule has 0 spiro atoms. The number of thioether (sulfide) groups is 1. The quantitative estimate of drug-likeness (QED) is 0.0177. The molecule has 23 heteroatoms. The highest BCUT2D eigenvalue weighted by atomic mass is 32.2. The van der Waals surface area contributed by atoms with Crippen molar-refractivity contribution in [3.05, 3.63) is 35.9 Å². The van der Waals surface area contributed by atoms with Crippen LogP contribution >= 0.6 is 11.8 Å². The highest BCUT2D eigenvalue weighted by molar-refractivity contribution is 8.00. The predicted molar refractivity (Wildman–Crippen MR) is 238 cm³/mol. The molecule has 3 rings (SSSR count). The molecular formula is C42H65N11O11S. The molecule has 65 heavy (non-hydrogen) atoms. The summed E-state index contributed by atoms with van der Waals surface area (Å²) in [5.74, 6) is -6.38. The number of primary amides is 2. The second-order valence-electron chi connectivity index (χ2n) is 16.6. The lowest BCUT2D eigenvalue weighted by Gasteiger charge is -2.25. The minimum atomic E-state index is -1.36. The summed E-state index contributed by atoms with van der Waals surface area (Å²) in [4.78, 5) is 125. The van der Waals surface area contributed by atoms with Crippen LogP contribution in [0.4, 0.5) is 4.79 Å². The van der Waals surface area contributed by atoms with Crippen molar-refractivity contribution in [1.29, 1.82) is 0 Å². The highest BCUT2D eigenvalue weighted by Gasteiger charge is 2.42. The number of hydroxylamine groups is 1. The second kappa shape index (κ2) is 28.0. The Morgan fingerprint density at radius 3 is 2.12 bits per heavy atom. The van der Waals surface area contributed by atoms with Gasteiger partial charge in [0.1, 0.15) is 18.1 Å². The van der Waals surface area contributed by atoms with E-state index in [2.05, 4.69) is 42.5 Å². The van der Waals surface area contributed by atoms with Crippen LogP contribution in [-0.4, -0.2) is 125 Å². The predicted octanol–water partition coefficient (Wildman–Crippen LogP) is -1.76. The summed E-state index contributed by atoms with van der Waals surface area (Å²) in [5.41, 5.74) is 12.9. The number of unbranched alkanes of at least 4 members (excludes halogenated alkanes) is 2. The van der Waals surface area contributed by atoms with Crippen LogP contribution < -0.4 is 59.5 Å². The summed E-state index contributed by atoms with van der Waals surface area (Å²) in [7, 11) is 0. The molecule has 2 saturated heterocycles. The minimum Gasteiger partial charge on any atom is -0.370 e. The van der Waals surface area contributed by atoms with E-state index < -0.39 is 84.4 Å². The summed E-state index contributed by atoms with van der Waals surface area (Å²) in [6.45, 7) is 2.84. The van der Waals surface area contributed by atoms with Crippen LogP contribution in [0.15, 0.2) is 30.3 Å². The Kier molecular flexibility index (Phi) is 23.0. The molecule has 1 aromatic rings. The minimum absolute atomic E-state index is 0.0449. The maximum Gasteiger partial charge on any atom is 0.315 e. The van der Waals surface area contributed by atoms with Crippen LogP contribution in [-0.2, 0) is 49.6 Å². The normalized spacial score (nSPS) is 18.0. The van der Waals surface area contributed by atoms with Crippen molar-refractivity contribution >= 4 is 71.0 Å². The molecule has 2 aliphatic heterocycles. The molecule has 0 saturated carbocycles. The monoisotopic (exact) mass is 931 g/mol. The van der Waals surface area contributed by atoms with Crippen molar-refractivity contribution in [1.82, 2.24) is 48.0 Å². The summed E-state index contributed by atoms with van der Waals surface area (Å²) in [6.07, 6.45) is 3.27. The van der Waals surface area contributed by atoms with Crippen molar-refractivity contribution in [2.45, 2.75) is 126 Å². The van der Waals surface area contributed by atoms with E-state index >= 15 is 0 Å². The zero-order chi connectivity index (χ0) is 47.9. The van der Waals surface area contributed by atoms with Crippen molar-refractivity contribution < 1.29 is 53.2 Å². The fourth-order valence-corrected chi connectivity index (χ4v) is 8.97. The average Bonchev–Trinajstić information content (AvgIpc) is 3.82. The van der Waals surface area contributed by atoms with Gasteiger partial charge in [-0.15, -0.1) is 0 Å². The number of nitrogens with two attached hydrogens (primary N) is 2. The van der Waals surface area contributed by atoms with E-state index in [4.69, 9.17) is 16.7 Å². The van der Waals surface area contributed by atoms with Gasteiger partial charge in [0.25, 0.3) is 0 Å². The lowest BCUT2D eigenvalue weighted by atomic mass is 9.92. The Labute approximate surface area is 382 Å². The number of amides is 11. The second-order valence-corrected chi connectivity index (χ2v) is 17.9. The number of hydrogen-bond acceptors (Lipinski definition) is 12. The number of benzene rings is 1. The number of hydrogen-bond donors (Lipinski definition) is 12. The summed E-state index contributed by atoms with van der Waals surface area (Å²) >= 11 is 1.83. The number of carbonyl (C=O) groups is 10. The first kappa shape index (κ1) is 53.4. The van der Waals surface area contributed by atoms with Crippen LogP contribution in [0.1, 0.15) is 90.0 Å². The fourth-order valence-electron chi connectivity index (χ4n) is 7.42. The number of nitrogens with one attached hydrogen (secondary N) is 9. The smallest absolute Gasteiger partial charge is 0.315 e. The largest absolute Gasteiger partial charge is 0.370 e. The highest BCUT2D eigenvalue weighted by Crippen LogP contribution is 2.33. The molecule has 2 fully saturated rings. The van der Waals surface area contributed by atoms with Gasteiger partial charge in [-0.2, -0.15) is 11.8 Å². The number of urea groups is 1. The van der Waals surface area contributed by atoms with Crippen molar-refractivity contribution in [2.75, 3.05) is 25.4 Å². The van der Waals surface area contributed by atoms with Gasteiger partial charge in [-0.1, -0.05) is 50.6 Å². The first-order chi connectivity index (χ1) is 30.9. The number of rotatable bonds is 30. The Balaban J connectivity index is 1.44. The van der Waals surface area contributed by atoms with Gasteiger partial charge in [0.15, 0.2) is 0 Å². The Morgan fingerprint density at radius 2 is 1.45 bits per heavy atom.